The van der Waals surface area contributed by atoms with Crippen molar-refractivity contribution < 1.29 is 19.1 Å². The highest BCUT2D eigenvalue weighted by molar-refractivity contribution is 14.1. The number of carbonyl (C=O) groups excluding carboxylic acids is 2. The predicted molar refractivity (Wildman–Crippen MR) is 104 cm³/mol. The molecule has 136 valence electrons. The highest BCUT2D eigenvalue weighted by Gasteiger charge is 2.59. The van der Waals surface area contributed by atoms with Crippen molar-refractivity contribution in [2.24, 2.45) is 28.8 Å². The van der Waals surface area contributed by atoms with Gasteiger partial charge in [-0.25, -0.2) is 0 Å². The Labute approximate surface area is 165 Å². The van der Waals surface area contributed by atoms with E-state index < -0.39 is 0 Å². The van der Waals surface area contributed by atoms with E-state index in [0.717, 1.165) is 20.6 Å². The SMILES string of the molecule is CCOc1cc(/C=N\N2C(=O)[C@@H]3[C@@H](C2=O)[C@H]2C=C[C@H]3C2)cc(I)c1OC. The molecule has 1 saturated heterocycles. The van der Waals surface area contributed by atoms with Crippen LogP contribution in [0.4, 0.5) is 0 Å². The second kappa shape index (κ2) is 6.68. The largest absolute Gasteiger partial charge is 0.492 e. The first kappa shape index (κ1) is 17.5. The fourth-order valence-electron chi connectivity index (χ4n) is 4.25. The van der Waals surface area contributed by atoms with Gasteiger partial charge in [0, 0.05) is 0 Å². The van der Waals surface area contributed by atoms with Crippen LogP contribution in [0.5, 0.6) is 11.5 Å². The molecule has 0 spiro atoms. The highest BCUT2D eigenvalue weighted by Crippen LogP contribution is 2.52. The molecule has 2 aliphatic carbocycles. The molecule has 1 saturated carbocycles. The summed E-state index contributed by atoms with van der Waals surface area (Å²) in [7, 11) is 1.59. The fourth-order valence-corrected chi connectivity index (χ4v) is 5.09. The number of methoxy groups -OCH3 is 1. The average molecular weight is 466 g/mol. The molecule has 4 rings (SSSR count). The number of benzene rings is 1. The number of amides is 2. The van der Waals surface area contributed by atoms with Crippen molar-refractivity contribution in [3.05, 3.63) is 33.4 Å². The number of ether oxygens (including phenoxy) is 2. The van der Waals surface area contributed by atoms with Crippen LogP contribution < -0.4 is 9.47 Å². The molecule has 0 N–H and O–H groups in total. The molecule has 0 aromatic heterocycles. The van der Waals surface area contributed by atoms with Crippen LogP contribution >= 0.6 is 22.6 Å². The maximum atomic E-state index is 12.7. The quantitative estimate of drug-likeness (QED) is 0.290. The second-order valence-electron chi connectivity index (χ2n) is 6.70. The molecule has 2 bridgehead atoms. The molecule has 26 heavy (non-hydrogen) atoms. The zero-order valence-corrected chi connectivity index (χ0v) is 16.7. The van der Waals surface area contributed by atoms with Gasteiger partial charge < -0.3 is 9.47 Å². The lowest BCUT2D eigenvalue weighted by molar-refractivity contribution is -0.140. The summed E-state index contributed by atoms with van der Waals surface area (Å²) in [4.78, 5) is 25.3. The molecule has 1 aliphatic heterocycles. The lowest BCUT2D eigenvalue weighted by Crippen LogP contribution is -2.28. The standard InChI is InChI=1S/C19H19IN2O4/c1-3-26-14-7-10(6-13(20)17(14)25-2)9-21-22-18(23)15-11-4-5-12(8-11)16(15)19(22)24/h4-7,9,11-12,15-16H,3,8H2,1-2H3/b21-9-/t11-,12-,15-,16-/m0/s1. The van der Waals surface area contributed by atoms with Crippen LogP contribution in [0, 0.1) is 27.2 Å². The van der Waals surface area contributed by atoms with E-state index in [9.17, 15) is 9.59 Å². The second-order valence-corrected chi connectivity index (χ2v) is 7.86. The van der Waals surface area contributed by atoms with Gasteiger partial charge >= 0.3 is 0 Å². The number of nitrogens with zero attached hydrogens (tertiary/aromatic N) is 2. The van der Waals surface area contributed by atoms with Crippen LogP contribution in [-0.4, -0.2) is 36.8 Å². The predicted octanol–water partition coefficient (Wildman–Crippen LogP) is 2.84. The monoisotopic (exact) mass is 466 g/mol. The van der Waals surface area contributed by atoms with Crippen LogP contribution in [0.25, 0.3) is 0 Å². The number of imide groups is 1. The van der Waals surface area contributed by atoms with Crippen molar-refractivity contribution in [1.82, 2.24) is 5.01 Å². The third-order valence-electron chi connectivity index (χ3n) is 5.31. The third-order valence-corrected chi connectivity index (χ3v) is 6.11. The van der Waals surface area contributed by atoms with E-state index in [-0.39, 0.29) is 35.5 Å². The van der Waals surface area contributed by atoms with E-state index in [1.165, 1.54) is 6.21 Å². The van der Waals surface area contributed by atoms with Crippen molar-refractivity contribution in [2.75, 3.05) is 13.7 Å². The summed E-state index contributed by atoms with van der Waals surface area (Å²) in [6.45, 7) is 2.41. The summed E-state index contributed by atoms with van der Waals surface area (Å²) < 4.78 is 11.9. The Kier molecular flexibility index (Phi) is 4.50. The van der Waals surface area contributed by atoms with E-state index in [2.05, 4.69) is 39.8 Å². The molecule has 7 heteroatoms. The Morgan fingerprint density at radius 2 is 1.88 bits per heavy atom. The normalized spacial score (nSPS) is 29.1. The number of carbonyl (C=O) groups is 2. The highest BCUT2D eigenvalue weighted by atomic mass is 127. The summed E-state index contributed by atoms with van der Waals surface area (Å²) in [5.41, 5.74) is 0.748. The molecular formula is C19H19IN2O4. The Morgan fingerprint density at radius 1 is 1.23 bits per heavy atom. The maximum Gasteiger partial charge on any atom is 0.254 e. The minimum absolute atomic E-state index is 0.179. The number of hydrogen-bond donors (Lipinski definition) is 0. The van der Waals surface area contributed by atoms with Gasteiger partial charge in [-0.15, -0.1) is 0 Å². The number of fused-ring (bicyclic) bond motifs is 5. The first-order valence-electron chi connectivity index (χ1n) is 8.65. The Hall–Kier alpha value is -1.90. The Bertz CT molecular complexity index is 805. The first-order chi connectivity index (χ1) is 12.5. The summed E-state index contributed by atoms with van der Waals surface area (Å²) in [5.74, 6) is 0.829. The Morgan fingerprint density at radius 3 is 2.46 bits per heavy atom. The van der Waals surface area contributed by atoms with Crippen LogP contribution in [0.1, 0.15) is 18.9 Å². The number of hydrazone groups is 1. The smallest absolute Gasteiger partial charge is 0.254 e. The summed E-state index contributed by atoms with van der Waals surface area (Å²) in [6.07, 6.45) is 6.60. The van der Waals surface area contributed by atoms with E-state index in [1.807, 2.05) is 13.0 Å². The van der Waals surface area contributed by atoms with Crippen molar-refractivity contribution in [1.29, 1.82) is 0 Å². The average Bonchev–Trinajstić information content (AvgIpc) is 3.28. The van der Waals surface area contributed by atoms with Crippen molar-refractivity contribution in [3.63, 3.8) is 0 Å². The molecule has 1 aromatic carbocycles. The molecular weight excluding hydrogens is 447 g/mol. The lowest BCUT2D eigenvalue weighted by Gasteiger charge is -2.13. The number of halogens is 1. The molecule has 2 fully saturated rings. The van der Waals surface area contributed by atoms with E-state index in [4.69, 9.17) is 9.47 Å². The van der Waals surface area contributed by atoms with Gasteiger partial charge in [-0.05, 0) is 65.5 Å². The minimum Gasteiger partial charge on any atom is -0.492 e. The van der Waals surface area contributed by atoms with Gasteiger partial charge in [-0.2, -0.15) is 10.1 Å². The summed E-state index contributed by atoms with van der Waals surface area (Å²) in [6, 6.07) is 3.67. The van der Waals surface area contributed by atoms with Crippen LogP contribution in [0.2, 0.25) is 0 Å². The molecule has 4 atom stereocenters. The molecule has 1 aromatic rings. The minimum atomic E-state index is -0.232. The van der Waals surface area contributed by atoms with Crippen LogP contribution in [-0.2, 0) is 9.59 Å². The van der Waals surface area contributed by atoms with E-state index in [0.29, 0.717) is 18.1 Å². The number of hydrogen-bond acceptors (Lipinski definition) is 5. The third kappa shape index (κ3) is 2.64. The van der Waals surface area contributed by atoms with Crippen LogP contribution in [0.15, 0.2) is 29.4 Å². The van der Waals surface area contributed by atoms with Gasteiger partial charge in [0.25, 0.3) is 11.8 Å². The van der Waals surface area contributed by atoms with E-state index in [1.54, 1.807) is 13.2 Å². The summed E-state index contributed by atoms with van der Waals surface area (Å²) >= 11 is 2.16. The lowest BCUT2D eigenvalue weighted by atomic mass is 9.85. The van der Waals surface area contributed by atoms with Gasteiger partial charge in [0.1, 0.15) is 0 Å². The van der Waals surface area contributed by atoms with Crippen molar-refractivity contribution >= 4 is 40.6 Å². The van der Waals surface area contributed by atoms with Crippen molar-refractivity contribution in [3.8, 4) is 11.5 Å². The molecule has 6 nitrogen and oxygen atoms in total. The van der Waals surface area contributed by atoms with Gasteiger partial charge in [0.15, 0.2) is 11.5 Å². The maximum absolute atomic E-state index is 12.7. The van der Waals surface area contributed by atoms with Gasteiger partial charge in [0.05, 0.1) is 35.3 Å². The molecule has 3 aliphatic rings. The topological polar surface area (TPSA) is 68.2 Å². The molecule has 1 heterocycles. The zero-order chi connectivity index (χ0) is 18.4. The Balaban J connectivity index is 1.59. The molecule has 0 radical (unpaired) electrons. The molecule has 0 unspecified atom stereocenters. The zero-order valence-electron chi connectivity index (χ0n) is 14.5. The van der Waals surface area contributed by atoms with Crippen LogP contribution in [0.3, 0.4) is 0 Å². The molecule has 2 amide bonds. The fraction of sp³-hybridized carbons (Fsp3) is 0.421. The number of rotatable bonds is 5. The number of allylic oxidation sites excluding steroid dienone is 2. The first-order valence-corrected chi connectivity index (χ1v) is 9.73. The summed E-state index contributed by atoms with van der Waals surface area (Å²) in [5, 5.41) is 5.27. The van der Waals surface area contributed by atoms with E-state index >= 15 is 0 Å². The van der Waals surface area contributed by atoms with Gasteiger partial charge in [0.2, 0.25) is 0 Å². The van der Waals surface area contributed by atoms with Crippen molar-refractivity contribution in [2.45, 2.75) is 13.3 Å². The van der Waals surface area contributed by atoms with Gasteiger partial charge in [-0.1, -0.05) is 12.2 Å². The van der Waals surface area contributed by atoms with Gasteiger partial charge in [-0.3, -0.25) is 9.59 Å².